The van der Waals surface area contributed by atoms with Crippen molar-refractivity contribution >= 4 is 40.1 Å². The van der Waals surface area contributed by atoms with Crippen LogP contribution in [0, 0.1) is 16.7 Å². The predicted molar refractivity (Wildman–Crippen MR) is 171 cm³/mol. The summed E-state index contributed by atoms with van der Waals surface area (Å²) in [5, 5.41) is 16.4. The van der Waals surface area contributed by atoms with E-state index in [1.54, 1.807) is 23.2 Å². The van der Waals surface area contributed by atoms with E-state index in [2.05, 4.69) is 27.8 Å². The summed E-state index contributed by atoms with van der Waals surface area (Å²) in [4.78, 5) is 39.0. The van der Waals surface area contributed by atoms with Gasteiger partial charge in [0.1, 0.15) is 11.6 Å². The molecule has 4 aromatic rings. The number of benzene rings is 1. The lowest BCUT2D eigenvalue weighted by molar-refractivity contribution is -0.127. The van der Waals surface area contributed by atoms with Crippen molar-refractivity contribution in [1.29, 1.82) is 5.26 Å². The third-order valence-electron chi connectivity index (χ3n) is 8.03. The zero-order chi connectivity index (χ0) is 31.6. The molecule has 0 aliphatic carbocycles. The van der Waals surface area contributed by atoms with Gasteiger partial charge in [-0.3, -0.25) is 14.9 Å². The van der Waals surface area contributed by atoms with Gasteiger partial charge in [0, 0.05) is 32.3 Å². The fraction of sp³-hybridized carbons (Fsp3) is 0.424. The first-order chi connectivity index (χ1) is 21.7. The highest BCUT2D eigenvalue weighted by atomic mass is 32.1. The number of hydrogen-bond donors (Lipinski definition) is 2. The molecular weight excluding hydrogens is 590 g/mol. The SMILES string of the molecule is CC(C)(C)C=C(C#N)C(=O)N1CCCC1Cn1c(NC(=O)c2ccc(-c3cnco3)s2)nc2cc(CNC3CCOC3)ccc21. The summed E-state index contributed by atoms with van der Waals surface area (Å²) in [6.07, 6.45) is 7.32. The number of anilines is 1. The molecule has 2 amide bonds. The maximum atomic E-state index is 13.5. The minimum Gasteiger partial charge on any atom is -0.443 e. The Hall–Kier alpha value is -4.31. The minimum absolute atomic E-state index is 0.156. The van der Waals surface area contributed by atoms with Crippen LogP contribution in [0.4, 0.5) is 5.95 Å². The number of likely N-dealkylation sites (tertiary alicyclic amines) is 1. The molecule has 2 atom stereocenters. The Morgan fingerprint density at radius 1 is 1.22 bits per heavy atom. The van der Waals surface area contributed by atoms with E-state index < -0.39 is 0 Å². The molecule has 45 heavy (non-hydrogen) atoms. The highest BCUT2D eigenvalue weighted by Gasteiger charge is 2.33. The number of carbonyl (C=O) groups is 2. The molecule has 6 rings (SSSR count). The molecule has 2 saturated heterocycles. The third kappa shape index (κ3) is 7.01. The molecule has 12 heteroatoms. The van der Waals surface area contributed by atoms with Gasteiger partial charge >= 0.3 is 0 Å². The summed E-state index contributed by atoms with van der Waals surface area (Å²) in [7, 11) is 0. The van der Waals surface area contributed by atoms with E-state index in [9.17, 15) is 14.9 Å². The summed E-state index contributed by atoms with van der Waals surface area (Å²) >= 11 is 1.31. The van der Waals surface area contributed by atoms with E-state index in [-0.39, 0.29) is 28.8 Å². The standard InChI is InChI=1S/C33H37N7O4S/c1-33(2,3)14-22(15-34)31(42)39-11-4-5-24(39)18-40-26-7-6-21(16-36-23-10-12-43-19-23)13-25(26)37-32(40)38-30(41)29-9-8-28(45-29)27-17-35-20-44-27/h6-9,13-14,17,20,23-24,36H,4-5,10-12,16,18-19H2,1-3H3,(H,37,38,41). The van der Waals surface area contributed by atoms with Gasteiger partial charge in [0.25, 0.3) is 11.8 Å². The Labute approximate surface area is 265 Å². The number of amides is 2. The molecule has 0 bridgehead atoms. The molecule has 234 valence electrons. The van der Waals surface area contributed by atoms with Crippen LogP contribution < -0.4 is 10.6 Å². The van der Waals surface area contributed by atoms with E-state index in [0.717, 1.165) is 47.3 Å². The minimum atomic E-state index is -0.305. The number of thiophene rings is 1. The first kappa shape index (κ1) is 30.7. The maximum Gasteiger partial charge on any atom is 0.268 e. The van der Waals surface area contributed by atoms with Gasteiger partial charge in [0.2, 0.25) is 5.95 Å². The van der Waals surface area contributed by atoms with Gasteiger partial charge in [-0.15, -0.1) is 11.3 Å². The molecular formula is C33H37N7O4S. The van der Waals surface area contributed by atoms with Crippen molar-refractivity contribution in [2.24, 2.45) is 5.41 Å². The molecule has 5 heterocycles. The lowest BCUT2D eigenvalue weighted by Gasteiger charge is -2.26. The van der Waals surface area contributed by atoms with Crippen LogP contribution in [0.2, 0.25) is 0 Å². The zero-order valence-corrected chi connectivity index (χ0v) is 26.5. The summed E-state index contributed by atoms with van der Waals surface area (Å²) in [5.74, 6) is 0.459. The van der Waals surface area contributed by atoms with Crippen LogP contribution in [0.15, 0.2) is 59.0 Å². The number of aromatic nitrogens is 3. The van der Waals surface area contributed by atoms with E-state index in [0.29, 0.717) is 48.9 Å². The second-order valence-corrected chi connectivity index (χ2v) is 13.7. The lowest BCUT2D eigenvalue weighted by atomic mass is 9.93. The second kappa shape index (κ2) is 13.0. The van der Waals surface area contributed by atoms with Crippen molar-refractivity contribution in [3.63, 3.8) is 0 Å². The van der Waals surface area contributed by atoms with E-state index in [1.807, 2.05) is 43.5 Å². The maximum absolute atomic E-state index is 13.5. The first-order valence-electron chi connectivity index (χ1n) is 15.2. The van der Waals surface area contributed by atoms with Crippen molar-refractivity contribution in [2.45, 2.75) is 65.2 Å². The fourth-order valence-electron chi connectivity index (χ4n) is 5.85. The quantitative estimate of drug-likeness (QED) is 0.187. The largest absolute Gasteiger partial charge is 0.443 e. The van der Waals surface area contributed by atoms with E-state index in [1.165, 1.54) is 17.7 Å². The van der Waals surface area contributed by atoms with E-state index in [4.69, 9.17) is 14.1 Å². The third-order valence-corrected chi connectivity index (χ3v) is 9.13. The van der Waals surface area contributed by atoms with Crippen LogP contribution in [-0.2, 0) is 22.6 Å². The van der Waals surface area contributed by atoms with Crippen LogP contribution in [0.5, 0.6) is 0 Å². The number of rotatable bonds is 9. The van der Waals surface area contributed by atoms with Gasteiger partial charge in [0.05, 0.1) is 39.6 Å². The summed E-state index contributed by atoms with van der Waals surface area (Å²) in [5.41, 5.74) is 2.54. The van der Waals surface area contributed by atoms with Gasteiger partial charge in [-0.2, -0.15) is 5.26 Å². The number of oxazole rings is 1. The average Bonchev–Trinajstić information content (AvgIpc) is 3.85. The van der Waals surface area contributed by atoms with Gasteiger partial charge in [0.15, 0.2) is 12.2 Å². The number of hydrogen-bond acceptors (Lipinski definition) is 9. The number of nitrogens with one attached hydrogen (secondary N) is 2. The molecule has 2 aliphatic rings. The highest BCUT2D eigenvalue weighted by molar-refractivity contribution is 7.17. The Balaban J connectivity index is 1.29. The van der Waals surface area contributed by atoms with Crippen molar-refractivity contribution in [3.05, 3.63) is 65.0 Å². The number of carbonyl (C=O) groups excluding carboxylic acids is 2. The van der Waals surface area contributed by atoms with Crippen molar-refractivity contribution in [2.75, 3.05) is 25.1 Å². The topological polar surface area (TPSA) is 138 Å². The van der Waals surface area contributed by atoms with E-state index >= 15 is 0 Å². The summed E-state index contributed by atoms with van der Waals surface area (Å²) < 4.78 is 12.9. The predicted octanol–water partition coefficient (Wildman–Crippen LogP) is 5.37. The number of nitrogens with zero attached hydrogens (tertiary/aromatic N) is 5. The highest BCUT2D eigenvalue weighted by Crippen LogP contribution is 2.31. The zero-order valence-electron chi connectivity index (χ0n) is 25.7. The molecule has 11 nitrogen and oxygen atoms in total. The monoisotopic (exact) mass is 627 g/mol. The average molecular weight is 628 g/mol. The van der Waals surface area contributed by atoms with Gasteiger partial charge in [-0.1, -0.05) is 32.9 Å². The van der Waals surface area contributed by atoms with Gasteiger partial charge < -0.3 is 23.9 Å². The van der Waals surface area contributed by atoms with Crippen LogP contribution in [-0.4, -0.2) is 63.1 Å². The van der Waals surface area contributed by atoms with Crippen LogP contribution in [0.1, 0.15) is 55.3 Å². The molecule has 2 unspecified atom stereocenters. The normalized spacial score (nSPS) is 18.9. The number of allylic oxidation sites excluding steroid dienone is 1. The molecule has 2 aliphatic heterocycles. The number of imidazole rings is 1. The second-order valence-electron chi connectivity index (χ2n) is 12.6. The molecule has 2 N–H and O–H groups in total. The summed E-state index contributed by atoms with van der Waals surface area (Å²) in [6.45, 7) is 9.08. The van der Waals surface area contributed by atoms with Crippen molar-refractivity contribution < 1.29 is 18.7 Å². The number of nitriles is 1. The molecule has 0 spiro atoms. The van der Waals surface area contributed by atoms with Crippen LogP contribution in [0.3, 0.4) is 0 Å². The smallest absolute Gasteiger partial charge is 0.268 e. The van der Waals surface area contributed by atoms with Crippen molar-refractivity contribution in [3.8, 4) is 16.7 Å². The van der Waals surface area contributed by atoms with Gasteiger partial charge in [-0.25, -0.2) is 9.97 Å². The molecule has 0 radical (unpaired) electrons. The first-order valence-corrected chi connectivity index (χ1v) is 16.0. The Morgan fingerprint density at radius 2 is 2.09 bits per heavy atom. The molecule has 0 saturated carbocycles. The Morgan fingerprint density at radius 3 is 2.82 bits per heavy atom. The van der Waals surface area contributed by atoms with Crippen LogP contribution >= 0.6 is 11.3 Å². The Kier molecular flexibility index (Phi) is 8.85. The molecule has 3 aromatic heterocycles. The fourth-order valence-corrected chi connectivity index (χ4v) is 6.70. The van der Waals surface area contributed by atoms with Gasteiger partial charge in [-0.05, 0) is 54.5 Å². The lowest BCUT2D eigenvalue weighted by Crippen LogP contribution is -2.39. The molecule has 2 fully saturated rings. The van der Waals surface area contributed by atoms with Crippen LogP contribution in [0.25, 0.3) is 21.7 Å². The molecule has 1 aromatic carbocycles. The Bertz CT molecular complexity index is 1750. The van der Waals surface area contributed by atoms with Crippen molar-refractivity contribution in [1.82, 2.24) is 24.8 Å². The number of fused-ring (bicyclic) bond motifs is 1. The number of ether oxygens (including phenoxy) is 1. The summed E-state index contributed by atoms with van der Waals surface area (Å²) in [6, 6.07) is 12.0.